The van der Waals surface area contributed by atoms with E-state index in [2.05, 4.69) is 15.9 Å². The molecule has 1 aromatic heterocycles. The molecule has 0 fully saturated rings. The van der Waals surface area contributed by atoms with Gasteiger partial charge in [0.15, 0.2) is 4.21 Å². The summed E-state index contributed by atoms with van der Waals surface area (Å²) in [6.45, 7) is 1.94. The molecule has 0 N–H and O–H groups in total. The minimum atomic E-state index is -3.67. The summed E-state index contributed by atoms with van der Waals surface area (Å²) in [4.78, 5) is 0. The Morgan fingerprint density at radius 1 is 1.37 bits per heavy atom. The molecule has 0 radical (unpaired) electrons. The quantitative estimate of drug-likeness (QED) is 0.826. The van der Waals surface area contributed by atoms with Crippen molar-refractivity contribution < 1.29 is 12.8 Å². The Morgan fingerprint density at radius 2 is 2.11 bits per heavy atom. The van der Waals surface area contributed by atoms with Gasteiger partial charge in [-0.1, -0.05) is 6.07 Å². The minimum absolute atomic E-state index is 0.221. The fourth-order valence-electron chi connectivity index (χ4n) is 1.69. The molecule has 1 heterocycles. The van der Waals surface area contributed by atoms with Crippen LogP contribution in [-0.4, -0.2) is 15.0 Å². The molecular formula is C12H11BrFNO2S2. The monoisotopic (exact) mass is 363 g/mol. The Bertz CT molecular complexity index is 685. The van der Waals surface area contributed by atoms with E-state index < -0.39 is 15.8 Å². The summed E-state index contributed by atoms with van der Waals surface area (Å²) in [7, 11) is -3.67. The van der Waals surface area contributed by atoms with Crippen molar-refractivity contribution in [2.24, 2.45) is 0 Å². The van der Waals surface area contributed by atoms with Crippen LogP contribution in [0.4, 0.5) is 10.1 Å². The molecule has 0 saturated heterocycles. The number of anilines is 1. The van der Waals surface area contributed by atoms with Gasteiger partial charge in [-0.05, 0) is 52.5 Å². The van der Waals surface area contributed by atoms with E-state index in [4.69, 9.17) is 0 Å². The van der Waals surface area contributed by atoms with Crippen molar-refractivity contribution in [3.63, 3.8) is 0 Å². The highest BCUT2D eigenvalue weighted by Gasteiger charge is 2.27. The van der Waals surface area contributed by atoms with Crippen LogP contribution in [0.5, 0.6) is 0 Å². The summed E-state index contributed by atoms with van der Waals surface area (Å²) in [5.74, 6) is -0.462. The second-order valence-electron chi connectivity index (χ2n) is 3.71. The van der Waals surface area contributed by atoms with Gasteiger partial charge in [-0.2, -0.15) is 0 Å². The van der Waals surface area contributed by atoms with Crippen LogP contribution in [0.2, 0.25) is 0 Å². The van der Waals surface area contributed by atoms with E-state index in [9.17, 15) is 12.8 Å². The first kappa shape index (κ1) is 14.5. The van der Waals surface area contributed by atoms with Crippen LogP contribution < -0.4 is 4.31 Å². The van der Waals surface area contributed by atoms with Crippen LogP contribution in [0.3, 0.4) is 0 Å². The number of hydrogen-bond donors (Lipinski definition) is 0. The van der Waals surface area contributed by atoms with Crippen molar-refractivity contribution in [2.45, 2.75) is 11.1 Å². The standard InChI is InChI=1S/C12H11BrFNO2S2/c1-2-15(10-5-3-4-9(14)8-10)19(16,17)12-11(13)6-7-18-12/h3-8H,2H2,1H3. The van der Waals surface area contributed by atoms with Crippen LogP contribution in [0, 0.1) is 5.82 Å². The molecule has 0 aliphatic rings. The van der Waals surface area contributed by atoms with E-state index in [1.807, 2.05) is 0 Å². The summed E-state index contributed by atoms with van der Waals surface area (Å²) >= 11 is 4.35. The summed E-state index contributed by atoms with van der Waals surface area (Å²) in [6, 6.07) is 7.24. The molecule has 0 atom stereocenters. The first-order valence-corrected chi connectivity index (χ1v) is 8.59. The Hall–Kier alpha value is -0.920. The Kier molecular flexibility index (Phi) is 4.27. The maximum atomic E-state index is 13.2. The van der Waals surface area contributed by atoms with E-state index >= 15 is 0 Å². The van der Waals surface area contributed by atoms with Crippen LogP contribution >= 0.6 is 27.3 Å². The van der Waals surface area contributed by atoms with Gasteiger partial charge in [-0.25, -0.2) is 12.8 Å². The average Bonchev–Trinajstić information content (AvgIpc) is 2.77. The second-order valence-corrected chi connectivity index (χ2v) is 7.53. The van der Waals surface area contributed by atoms with Gasteiger partial charge in [-0.15, -0.1) is 11.3 Å². The normalized spacial score (nSPS) is 11.5. The molecule has 0 aliphatic carbocycles. The summed E-state index contributed by atoms with van der Waals surface area (Å²) in [5.41, 5.74) is 0.322. The molecule has 0 aliphatic heterocycles. The molecule has 1 aromatic carbocycles. The van der Waals surface area contributed by atoms with Crippen molar-refractivity contribution >= 4 is 43.0 Å². The number of benzene rings is 1. The first-order valence-electron chi connectivity index (χ1n) is 5.48. The molecule has 2 rings (SSSR count). The van der Waals surface area contributed by atoms with Gasteiger partial charge in [-0.3, -0.25) is 4.31 Å². The van der Waals surface area contributed by atoms with Crippen LogP contribution in [0.1, 0.15) is 6.92 Å². The number of hydrogen-bond acceptors (Lipinski definition) is 3. The van der Waals surface area contributed by atoms with Gasteiger partial charge >= 0.3 is 0 Å². The van der Waals surface area contributed by atoms with Crippen LogP contribution in [0.15, 0.2) is 44.4 Å². The van der Waals surface area contributed by atoms with Gasteiger partial charge in [0.2, 0.25) is 0 Å². The highest BCUT2D eigenvalue weighted by atomic mass is 79.9. The number of thiophene rings is 1. The van der Waals surface area contributed by atoms with Crippen LogP contribution in [0.25, 0.3) is 0 Å². The molecule has 3 nitrogen and oxygen atoms in total. The fraction of sp³-hybridized carbons (Fsp3) is 0.167. The third-order valence-corrected chi connectivity index (χ3v) is 7.04. The van der Waals surface area contributed by atoms with E-state index in [1.165, 1.54) is 22.5 Å². The Morgan fingerprint density at radius 3 is 2.63 bits per heavy atom. The van der Waals surface area contributed by atoms with Crippen molar-refractivity contribution in [2.75, 3.05) is 10.8 Å². The second kappa shape index (κ2) is 5.60. The van der Waals surface area contributed by atoms with Crippen molar-refractivity contribution in [3.05, 3.63) is 46.0 Å². The van der Waals surface area contributed by atoms with E-state index in [0.29, 0.717) is 10.2 Å². The SMILES string of the molecule is CCN(c1cccc(F)c1)S(=O)(=O)c1sccc1Br. The smallest absolute Gasteiger partial charge is 0.266 e. The summed E-state index contributed by atoms with van der Waals surface area (Å²) < 4.78 is 40.3. The first-order chi connectivity index (χ1) is 8.96. The largest absolute Gasteiger partial charge is 0.274 e. The van der Waals surface area contributed by atoms with E-state index in [1.54, 1.807) is 24.4 Å². The van der Waals surface area contributed by atoms with Gasteiger partial charge in [0.05, 0.1) is 5.69 Å². The molecule has 2 aromatic rings. The van der Waals surface area contributed by atoms with Gasteiger partial charge in [0.25, 0.3) is 10.0 Å². The number of halogens is 2. The number of sulfonamides is 1. The molecule has 19 heavy (non-hydrogen) atoms. The summed E-state index contributed by atoms with van der Waals surface area (Å²) in [5, 5.41) is 1.69. The number of nitrogens with zero attached hydrogens (tertiary/aromatic N) is 1. The molecule has 0 amide bonds. The fourth-order valence-corrected chi connectivity index (χ4v) is 5.56. The predicted molar refractivity (Wildman–Crippen MR) is 78.6 cm³/mol. The van der Waals surface area contributed by atoms with Gasteiger partial charge in [0, 0.05) is 11.0 Å². The topological polar surface area (TPSA) is 37.4 Å². The molecule has 0 bridgehead atoms. The maximum absolute atomic E-state index is 13.2. The molecule has 0 spiro atoms. The predicted octanol–water partition coefficient (Wildman–Crippen LogP) is 3.86. The highest BCUT2D eigenvalue weighted by Crippen LogP contribution is 2.32. The molecule has 102 valence electrons. The van der Waals surface area contributed by atoms with Gasteiger partial charge in [0.1, 0.15) is 5.82 Å². The zero-order chi connectivity index (χ0) is 14.0. The molecular weight excluding hydrogens is 353 g/mol. The van der Waals surface area contributed by atoms with Gasteiger partial charge < -0.3 is 0 Å². The Labute approximate surface area is 123 Å². The lowest BCUT2D eigenvalue weighted by Gasteiger charge is -2.22. The lowest BCUT2D eigenvalue weighted by molar-refractivity contribution is 0.593. The Balaban J connectivity index is 2.51. The van der Waals surface area contributed by atoms with Crippen molar-refractivity contribution in [1.29, 1.82) is 0 Å². The third-order valence-electron chi connectivity index (χ3n) is 2.49. The average molecular weight is 364 g/mol. The zero-order valence-corrected chi connectivity index (χ0v) is 13.2. The van der Waals surface area contributed by atoms with Crippen molar-refractivity contribution in [3.8, 4) is 0 Å². The zero-order valence-electron chi connectivity index (χ0n) is 10.0. The van der Waals surface area contributed by atoms with Crippen LogP contribution in [-0.2, 0) is 10.0 Å². The minimum Gasteiger partial charge on any atom is -0.266 e. The highest BCUT2D eigenvalue weighted by molar-refractivity contribution is 9.10. The van der Waals surface area contributed by atoms with E-state index in [-0.39, 0.29) is 10.8 Å². The lowest BCUT2D eigenvalue weighted by Crippen LogP contribution is -2.30. The lowest BCUT2D eigenvalue weighted by atomic mass is 10.3. The molecule has 0 saturated carbocycles. The molecule has 7 heteroatoms. The van der Waals surface area contributed by atoms with E-state index in [0.717, 1.165) is 11.3 Å². The maximum Gasteiger partial charge on any atom is 0.274 e. The number of rotatable bonds is 4. The molecule has 0 unspecified atom stereocenters. The summed E-state index contributed by atoms with van der Waals surface area (Å²) in [6.07, 6.45) is 0. The third kappa shape index (κ3) is 2.82. The van der Waals surface area contributed by atoms with Crippen molar-refractivity contribution in [1.82, 2.24) is 0 Å².